The Morgan fingerprint density at radius 3 is 1.45 bits per heavy atom. The molecule has 8 radical (unpaired) electrons. The van der Waals surface area contributed by atoms with Gasteiger partial charge < -0.3 is 20.3 Å². The molecule has 0 spiro atoms. The first-order chi connectivity index (χ1) is 10.3. The summed E-state index contributed by atoms with van der Waals surface area (Å²) in [7, 11) is 23.4. The maximum atomic E-state index is 9.96. The van der Waals surface area contributed by atoms with Gasteiger partial charge in [0.2, 0.25) is 0 Å². The lowest BCUT2D eigenvalue weighted by molar-refractivity contribution is 0.458. The zero-order valence-electron chi connectivity index (χ0n) is 12.1. The number of phenols is 2. The number of aromatic hydroxyl groups is 2. The van der Waals surface area contributed by atoms with Crippen LogP contribution in [-0.4, -0.2) is 41.6 Å². The monoisotopic (exact) mass is 283 g/mol. The summed E-state index contributed by atoms with van der Waals surface area (Å²) in [6, 6.07) is 0. The first-order valence-electron chi connectivity index (χ1n) is 6.51. The maximum absolute atomic E-state index is 9.96. The summed E-state index contributed by atoms with van der Waals surface area (Å²) in [6.45, 7) is 3.44. The molecule has 0 amide bonds. The highest BCUT2D eigenvalue weighted by atomic mass is 16.5. The Balaban J connectivity index is 2.32. The third kappa shape index (κ3) is 1.76. The van der Waals surface area contributed by atoms with E-state index >= 15 is 0 Å². The number of nitrogens with one attached hydrogen (secondary N) is 1. The van der Waals surface area contributed by atoms with Gasteiger partial charge in [-0.2, -0.15) is 0 Å². The van der Waals surface area contributed by atoms with Crippen LogP contribution in [0.3, 0.4) is 0 Å². The molecule has 1 aliphatic heterocycles. The van der Waals surface area contributed by atoms with Crippen molar-refractivity contribution in [3.63, 3.8) is 0 Å². The zero-order valence-corrected chi connectivity index (χ0v) is 12.1. The van der Waals surface area contributed by atoms with Crippen LogP contribution < -0.4 is 31.9 Å². The fourth-order valence-corrected chi connectivity index (χ4v) is 2.48. The molecule has 0 unspecified atom stereocenters. The topological polar surface area (TPSA) is 61.7 Å². The summed E-state index contributed by atoms with van der Waals surface area (Å²) in [5, 5.41) is 23.0. The third-order valence-electron chi connectivity index (χ3n) is 3.98. The fraction of sp³-hybridized carbons (Fsp3) is 0.143. The van der Waals surface area contributed by atoms with Crippen molar-refractivity contribution in [1.82, 2.24) is 0 Å². The maximum Gasteiger partial charge on any atom is 0.147 e. The first kappa shape index (κ1) is 14.8. The predicted molar refractivity (Wildman–Crippen MR) is 90.6 cm³/mol. The molecule has 2 aromatic carbocycles. The van der Waals surface area contributed by atoms with Crippen LogP contribution in [0.25, 0.3) is 0 Å². The van der Waals surface area contributed by atoms with E-state index in [9.17, 15) is 10.2 Å². The molecule has 22 heavy (non-hydrogen) atoms. The highest BCUT2D eigenvalue weighted by molar-refractivity contribution is 6.46. The molecule has 0 atom stereocenters. The minimum absolute atomic E-state index is 0.00961. The highest BCUT2D eigenvalue weighted by Gasteiger charge is 2.27. The molecule has 1 heterocycles. The Bertz CT molecular complexity index is 701. The van der Waals surface area contributed by atoms with Crippen LogP contribution in [0.4, 0.5) is 11.4 Å². The molecule has 0 saturated carbocycles. The minimum Gasteiger partial charge on any atom is -0.509 e. The number of fused-ring (bicyclic) bond motifs is 2. The normalized spacial score (nSPS) is 12.1. The Kier molecular flexibility index (Phi) is 3.17. The Labute approximate surface area is 133 Å². The third-order valence-corrected chi connectivity index (χ3v) is 3.98. The van der Waals surface area contributed by atoms with Gasteiger partial charge in [0.25, 0.3) is 0 Å². The summed E-state index contributed by atoms with van der Waals surface area (Å²) < 4.78 is 5.73. The summed E-state index contributed by atoms with van der Waals surface area (Å²) in [4.78, 5) is 0. The number of rotatable bonds is 0. The number of hydrogen-bond acceptors (Lipinski definition) is 4. The molecule has 100 valence electrons. The van der Waals surface area contributed by atoms with E-state index in [1.807, 2.05) is 0 Å². The second-order valence-corrected chi connectivity index (χ2v) is 5.24. The van der Waals surface area contributed by atoms with Gasteiger partial charge in [0.1, 0.15) is 54.4 Å². The average molecular weight is 282 g/mol. The molecule has 0 aliphatic carbocycles. The number of ether oxygens (including phenoxy) is 1. The van der Waals surface area contributed by atoms with Crippen LogP contribution in [0, 0.1) is 13.8 Å². The van der Waals surface area contributed by atoms with Gasteiger partial charge in [0, 0.05) is 0 Å². The van der Waals surface area contributed by atoms with Crippen molar-refractivity contribution in [3.05, 3.63) is 11.1 Å². The smallest absolute Gasteiger partial charge is 0.147 e. The molecular weight excluding hydrogens is 273 g/mol. The van der Waals surface area contributed by atoms with Crippen molar-refractivity contribution in [2.75, 3.05) is 5.32 Å². The summed E-state index contributed by atoms with van der Waals surface area (Å²) >= 11 is 0. The SMILES string of the molecule is [B]c1c(C)c2c(c([B])c1O)Oc1c([B])c(O)c([B])c(C)c1N2. The van der Waals surface area contributed by atoms with Gasteiger partial charge in [-0.25, -0.2) is 0 Å². The second-order valence-electron chi connectivity index (χ2n) is 5.24. The lowest BCUT2D eigenvalue weighted by Crippen LogP contribution is -2.28. The van der Waals surface area contributed by atoms with Crippen LogP contribution in [-0.2, 0) is 0 Å². The molecule has 0 saturated heterocycles. The van der Waals surface area contributed by atoms with Crippen LogP contribution in [0.2, 0.25) is 0 Å². The van der Waals surface area contributed by atoms with Crippen LogP contribution in [0.1, 0.15) is 11.1 Å². The van der Waals surface area contributed by atoms with E-state index in [1.165, 1.54) is 0 Å². The van der Waals surface area contributed by atoms with E-state index in [4.69, 9.17) is 36.1 Å². The summed E-state index contributed by atoms with van der Waals surface area (Å²) in [5.74, 6) is -0.105. The lowest BCUT2D eigenvalue weighted by Gasteiger charge is -2.30. The van der Waals surface area contributed by atoms with E-state index in [0.717, 1.165) is 0 Å². The Morgan fingerprint density at radius 1 is 0.727 bits per heavy atom. The number of hydrogen-bond donors (Lipinski definition) is 3. The van der Waals surface area contributed by atoms with Gasteiger partial charge in [-0.15, -0.1) is 0 Å². The van der Waals surface area contributed by atoms with E-state index in [0.29, 0.717) is 22.5 Å². The van der Waals surface area contributed by atoms with Crippen LogP contribution in [0.5, 0.6) is 23.0 Å². The Morgan fingerprint density at radius 2 is 1.09 bits per heavy atom. The molecule has 4 nitrogen and oxygen atoms in total. The molecule has 0 aromatic heterocycles. The Hall–Kier alpha value is -2.10. The van der Waals surface area contributed by atoms with Gasteiger partial charge in [-0.3, -0.25) is 0 Å². The molecule has 0 fully saturated rings. The average Bonchev–Trinajstić information content (AvgIpc) is 2.52. The molecule has 3 N–H and O–H groups in total. The molecule has 2 aromatic rings. The fourth-order valence-electron chi connectivity index (χ4n) is 2.48. The molecule has 0 bridgehead atoms. The number of phenolic OH excluding ortho intramolecular Hbond substituents is 2. The molecule has 1 aliphatic rings. The second kappa shape index (κ2) is 4.70. The van der Waals surface area contributed by atoms with Crippen LogP contribution in [0.15, 0.2) is 0 Å². The zero-order chi connectivity index (χ0) is 16.3. The van der Waals surface area contributed by atoms with Gasteiger partial charge in [-0.1, -0.05) is 10.9 Å². The van der Waals surface area contributed by atoms with Gasteiger partial charge in [0.05, 0.1) is 11.4 Å². The van der Waals surface area contributed by atoms with Crippen molar-refractivity contribution < 1.29 is 14.9 Å². The van der Waals surface area contributed by atoms with Crippen molar-refractivity contribution in [2.45, 2.75) is 13.8 Å². The van der Waals surface area contributed by atoms with Gasteiger partial charge >= 0.3 is 0 Å². The van der Waals surface area contributed by atoms with Crippen molar-refractivity contribution >= 4 is 64.6 Å². The first-order valence-corrected chi connectivity index (χ1v) is 6.51. The summed E-state index contributed by atoms with van der Waals surface area (Å²) in [6.07, 6.45) is 0. The minimum atomic E-state index is -0.253. The van der Waals surface area contributed by atoms with Gasteiger partial charge in [-0.05, 0) is 35.9 Å². The molecule has 8 heteroatoms. The largest absolute Gasteiger partial charge is 0.509 e. The quantitative estimate of drug-likeness (QED) is 0.356. The van der Waals surface area contributed by atoms with E-state index in [1.54, 1.807) is 13.8 Å². The van der Waals surface area contributed by atoms with Crippen molar-refractivity contribution in [1.29, 1.82) is 0 Å². The van der Waals surface area contributed by atoms with Gasteiger partial charge in [0.15, 0.2) is 0 Å². The van der Waals surface area contributed by atoms with E-state index in [2.05, 4.69) is 5.32 Å². The number of anilines is 2. The van der Waals surface area contributed by atoms with Crippen molar-refractivity contribution in [3.8, 4) is 23.0 Å². The molecule has 3 rings (SSSR count). The van der Waals surface area contributed by atoms with E-state index < -0.39 is 0 Å². The highest BCUT2D eigenvalue weighted by Crippen LogP contribution is 2.44. The number of benzene rings is 2. The van der Waals surface area contributed by atoms with E-state index in [-0.39, 0.29) is 44.8 Å². The van der Waals surface area contributed by atoms with Crippen molar-refractivity contribution in [2.24, 2.45) is 0 Å². The van der Waals surface area contributed by atoms with Crippen LogP contribution >= 0.6 is 0 Å². The lowest BCUT2D eigenvalue weighted by atomic mass is 9.78. The predicted octanol–water partition coefficient (Wildman–Crippen LogP) is -1.26. The molecular formula is C14H9B4NO3. The summed E-state index contributed by atoms with van der Waals surface area (Å²) in [5.41, 5.74) is 2.50. The standard InChI is InChI=1S/C14H9B4NO3/c1-3-5(15)11(20)7(17)13-9(3)19-10-4(2)6(16)12(21)8(18)14(10)22-13/h19-21H,1-2H3.